The van der Waals surface area contributed by atoms with Crippen LogP contribution in [0.5, 0.6) is 0 Å². The summed E-state index contributed by atoms with van der Waals surface area (Å²) in [5.41, 5.74) is 7.78. The third-order valence-corrected chi connectivity index (χ3v) is 3.50. The van der Waals surface area contributed by atoms with Gasteiger partial charge in [0.1, 0.15) is 0 Å². The van der Waals surface area contributed by atoms with E-state index in [4.69, 9.17) is 5.73 Å². The van der Waals surface area contributed by atoms with Crippen molar-refractivity contribution < 1.29 is 4.79 Å². The van der Waals surface area contributed by atoms with Gasteiger partial charge in [0.2, 0.25) is 5.91 Å². The number of benzene rings is 2. The first-order valence-electron chi connectivity index (χ1n) is 7.38. The highest BCUT2D eigenvalue weighted by Gasteiger charge is 2.17. The number of nitrogens with two attached hydrogens (primary N) is 1. The minimum Gasteiger partial charge on any atom is -0.356 e. The standard InChI is InChI=1S/C18H22N2O/c19-12-7-13-20-18(21)14-17(15-8-3-1-4-9-15)16-10-5-2-6-11-16/h1-6,8-11,17H,7,12-14,19H2,(H,20,21). The summed E-state index contributed by atoms with van der Waals surface area (Å²) >= 11 is 0. The largest absolute Gasteiger partial charge is 0.356 e. The van der Waals surface area contributed by atoms with Crippen LogP contribution in [0.3, 0.4) is 0 Å². The van der Waals surface area contributed by atoms with Gasteiger partial charge in [-0.25, -0.2) is 0 Å². The smallest absolute Gasteiger partial charge is 0.220 e. The Hall–Kier alpha value is -2.13. The predicted molar refractivity (Wildman–Crippen MR) is 86.0 cm³/mol. The summed E-state index contributed by atoms with van der Waals surface area (Å²) < 4.78 is 0. The van der Waals surface area contributed by atoms with E-state index in [0.717, 1.165) is 17.5 Å². The minimum absolute atomic E-state index is 0.0705. The number of carbonyl (C=O) groups excluding carboxylic acids is 1. The van der Waals surface area contributed by atoms with Crippen LogP contribution in [0.4, 0.5) is 0 Å². The second kappa shape index (κ2) is 8.22. The fourth-order valence-electron chi connectivity index (χ4n) is 2.39. The van der Waals surface area contributed by atoms with Gasteiger partial charge < -0.3 is 11.1 Å². The topological polar surface area (TPSA) is 55.1 Å². The summed E-state index contributed by atoms with van der Waals surface area (Å²) in [5, 5.41) is 2.93. The molecule has 0 saturated carbocycles. The zero-order chi connectivity index (χ0) is 14.9. The Balaban J connectivity index is 2.12. The van der Waals surface area contributed by atoms with E-state index in [0.29, 0.717) is 19.5 Å². The van der Waals surface area contributed by atoms with E-state index < -0.39 is 0 Å². The highest BCUT2D eigenvalue weighted by molar-refractivity contribution is 5.77. The molecule has 110 valence electrons. The SMILES string of the molecule is NCCCNC(=O)CC(c1ccccc1)c1ccccc1. The molecule has 0 spiro atoms. The molecule has 3 heteroatoms. The van der Waals surface area contributed by atoms with Crippen molar-refractivity contribution in [2.24, 2.45) is 5.73 Å². The summed E-state index contributed by atoms with van der Waals surface area (Å²) in [6.45, 7) is 1.24. The zero-order valence-corrected chi connectivity index (χ0v) is 12.2. The molecular weight excluding hydrogens is 260 g/mol. The van der Waals surface area contributed by atoms with Crippen LogP contribution in [0.1, 0.15) is 29.9 Å². The highest BCUT2D eigenvalue weighted by atomic mass is 16.1. The maximum Gasteiger partial charge on any atom is 0.220 e. The Morgan fingerprint density at radius 1 is 0.952 bits per heavy atom. The molecule has 0 aliphatic carbocycles. The number of nitrogens with one attached hydrogen (secondary N) is 1. The molecule has 2 aromatic rings. The predicted octanol–water partition coefficient (Wildman–Crippen LogP) is 2.67. The maximum atomic E-state index is 12.1. The molecule has 0 aliphatic rings. The first kappa shape index (κ1) is 15.3. The Morgan fingerprint density at radius 3 is 1.95 bits per heavy atom. The van der Waals surface area contributed by atoms with Gasteiger partial charge in [-0.05, 0) is 24.1 Å². The molecule has 21 heavy (non-hydrogen) atoms. The Labute approximate surface area is 126 Å². The maximum absolute atomic E-state index is 12.1. The lowest BCUT2D eigenvalue weighted by molar-refractivity contribution is -0.121. The molecule has 3 N–H and O–H groups in total. The van der Waals surface area contributed by atoms with Gasteiger partial charge in [0.15, 0.2) is 0 Å². The van der Waals surface area contributed by atoms with E-state index in [1.165, 1.54) is 0 Å². The van der Waals surface area contributed by atoms with Crippen molar-refractivity contribution >= 4 is 5.91 Å². The normalized spacial score (nSPS) is 10.6. The lowest BCUT2D eigenvalue weighted by atomic mass is 9.88. The molecule has 0 heterocycles. The summed E-state index contributed by atoms with van der Waals surface area (Å²) in [6, 6.07) is 20.3. The summed E-state index contributed by atoms with van der Waals surface area (Å²) in [5.74, 6) is 0.159. The monoisotopic (exact) mass is 282 g/mol. The van der Waals surface area contributed by atoms with Crippen molar-refractivity contribution in [2.45, 2.75) is 18.8 Å². The van der Waals surface area contributed by atoms with Crippen molar-refractivity contribution in [3.05, 3.63) is 71.8 Å². The van der Waals surface area contributed by atoms with Gasteiger partial charge in [-0.3, -0.25) is 4.79 Å². The van der Waals surface area contributed by atoms with Crippen LogP contribution >= 0.6 is 0 Å². The Bertz CT molecular complexity index is 500. The number of hydrogen-bond acceptors (Lipinski definition) is 2. The van der Waals surface area contributed by atoms with Gasteiger partial charge in [0.05, 0.1) is 0 Å². The van der Waals surface area contributed by atoms with E-state index >= 15 is 0 Å². The molecule has 0 aliphatic heterocycles. The van der Waals surface area contributed by atoms with Gasteiger partial charge in [0.25, 0.3) is 0 Å². The van der Waals surface area contributed by atoms with Crippen molar-refractivity contribution in [1.29, 1.82) is 0 Å². The quantitative estimate of drug-likeness (QED) is 0.767. The van der Waals surface area contributed by atoms with Crippen molar-refractivity contribution in [1.82, 2.24) is 5.32 Å². The van der Waals surface area contributed by atoms with Crippen LogP contribution in [0.25, 0.3) is 0 Å². The van der Waals surface area contributed by atoms with Gasteiger partial charge in [-0.2, -0.15) is 0 Å². The minimum atomic E-state index is 0.0705. The molecular formula is C18H22N2O. The van der Waals surface area contributed by atoms with Crippen LogP contribution in [-0.2, 0) is 4.79 Å². The van der Waals surface area contributed by atoms with Crippen LogP contribution < -0.4 is 11.1 Å². The summed E-state index contributed by atoms with van der Waals surface area (Å²) in [4.78, 5) is 12.1. The molecule has 2 aromatic carbocycles. The molecule has 0 atom stereocenters. The van der Waals surface area contributed by atoms with Crippen LogP contribution in [0.2, 0.25) is 0 Å². The van der Waals surface area contributed by atoms with E-state index in [1.54, 1.807) is 0 Å². The fraction of sp³-hybridized carbons (Fsp3) is 0.278. The van der Waals surface area contributed by atoms with E-state index in [9.17, 15) is 4.79 Å². The van der Waals surface area contributed by atoms with E-state index in [-0.39, 0.29) is 11.8 Å². The van der Waals surface area contributed by atoms with Gasteiger partial charge >= 0.3 is 0 Å². The number of hydrogen-bond donors (Lipinski definition) is 2. The molecule has 0 fully saturated rings. The van der Waals surface area contributed by atoms with Crippen molar-refractivity contribution in [3.8, 4) is 0 Å². The molecule has 2 rings (SSSR count). The third-order valence-electron chi connectivity index (χ3n) is 3.50. The molecule has 0 saturated heterocycles. The molecule has 0 unspecified atom stereocenters. The highest BCUT2D eigenvalue weighted by Crippen LogP contribution is 2.27. The number of carbonyl (C=O) groups is 1. The van der Waals surface area contributed by atoms with Gasteiger partial charge in [-0.1, -0.05) is 60.7 Å². The average molecular weight is 282 g/mol. The van der Waals surface area contributed by atoms with Crippen LogP contribution in [0.15, 0.2) is 60.7 Å². The second-order valence-electron chi connectivity index (χ2n) is 5.07. The fourth-order valence-corrected chi connectivity index (χ4v) is 2.39. The van der Waals surface area contributed by atoms with Gasteiger partial charge in [0, 0.05) is 18.9 Å². The zero-order valence-electron chi connectivity index (χ0n) is 12.2. The molecule has 1 amide bonds. The first-order chi connectivity index (χ1) is 10.3. The lowest BCUT2D eigenvalue weighted by Gasteiger charge is -2.17. The first-order valence-corrected chi connectivity index (χ1v) is 7.38. The number of amides is 1. The van der Waals surface area contributed by atoms with E-state index in [1.807, 2.05) is 36.4 Å². The molecule has 0 radical (unpaired) electrons. The van der Waals surface area contributed by atoms with Crippen LogP contribution in [-0.4, -0.2) is 19.0 Å². The van der Waals surface area contributed by atoms with Crippen molar-refractivity contribution in [2.75, 3.05) is 13.1 Å². The second-order valence-corrected chi connectivity index (χ2v) is 5.07. The Kier molecular flexibility index (Phi) is 5.98. The average Bonchev–Trinajstić information content (AvgIpc) is 2.54. The molecule has 3 nitrogen and oxygen atoms in total. The van der Waals surface area contributed by atoms with Crippen LogP contribution in [0, 0.1) is 0 Å². The van der Waals surface area contributed by atoms with Crippen molar-refractivity contribution in [3.63, 3.8) is 0 Å². The lowest BCUT2D eigenvalue weighted by Crippen LogP contribution is -2.27. The number of rotatable bonds is 7. The Morgan fingerprint density at radius 2 is 1.48 bits per heavy atom. The van der Waals surface area contributed by atoms with Gasteiger partial charge in [-0.15, -0.1) is 0 Å². The molecule has 0 bridgehead atoms. The van der Waals surface area contributed by atoms with E-state index in [2.05, 4.69) is 29.6 Å². The summed E-state index contributed by atoms with van der Waals surface area (Å²) in [7, 11) is 0. The third kappa shape index (κ3) is 4.72. The summed E-state index contributed by atoms with van der Waals surface area (Å²) in [6.07, 6.45) is 1.27. The molecule has 0 aromatic heterocycles.